The molecule has 2 aliphatic rings. The molecule has 0 heterocycles. The molecule has 0 bridgehead atoms. The van der Waals surface area contributed by atoms with Crippen LogP contribution in [0.15, 0.2) is 24.3 Å². The van der Waals surface area contributed by atoms with Crippen LogP contribution in [0.25, 0.3) is 0 Å². The first kappa shape index (κ1) is 15.0. The smallest absolute Gasteiger partial charge is 0.317 e. The summed E-state index contributed by atoms with van der Waals surface area (Å²) in [5, 5.41) is 2.77. The summed E-state index contributed by atoms with van der Waals surface area (Å²) in [5.41, 5.74) is -0.550. The van der Waals surface area contributed by atoms with Gasteiger partial charge in [0.05, 0.1) is 5.41 Å². The second-order valence-corrected chi connectivity index (χ2v) is 6.19. The van der Waals surface area contributed by atoms with Gasteiger partial charge in [-0.2, -0.15) is 0 Å². The predicted octanol–water partition coefficient (Wildman–Crippen LogP) is 2.46. The summed E-state index contributed by atoms with van der Waals surface area (Å²) < 4.78 is 19.4. The number of hydrogen-bond donors (Lipinski definition) is 1. The van der Waals surface area contributed by atoms with E-state index < -0.39 is 11.4 Å². The Bertz CT molecular complexity index is 577. The fourth-order valence-electron chi connectivity index (χ4n) is 3.18. The van der Waals surface area contributed by atoms with Crippen molar-refractivity contribution in [3.8, 4) is 0 Å². The van der Waals surface area contributed by atoms with Crippen LogP contribution < -0.4 is 5.32 Å². The third-order valence-electron chi connectivity index (χ3n) is 4.51. The number of nitrogens with one attached hydrogen (secondary N) is 1. The van der Waals surface area contributed by atoms with Gasteiger partial charge in [-0.3, -0.25) is 9.59 Å². The van der Waals surface area contributed by atoms with Gasteiger partial charge in [-0.25, -0.2) is 4.39 Å². The number of ether oxygens (including phenoxy) is 1. The fraction of sp³-hybridized carbons (Fsp3) is 0.529. The Morgan fingerprint density at radius 3 is 2.55 bits per heavy atom. The van der Waals surface area contributed by atoms with Gasteiger partial charge in [0.15, 0.2) is 6.61 Å². The average molecular weight is 305 g/mol. The molecule has 118 valence electrons. The van der Waals surface area contributed by atoms with Crippen molar-refractivity contribution in [2.75, 3.05) is 6.61 Å². The zero-order chi connectivity index (χ0) is 15.6. The minimum Gasteiger partial charge on any atom is -0.455 e. The first-order chi connectivity index (χ1) is 10.6. The monoisotopic (exact) mass is 305 g/mol. The van der Waals surface area contributed by atoms with Crippen molar-refractivity contribution >= 4 is 11.9 Å². The maximum absolute atomic E-state index is 14.1. The highest BCUT2D eigenvalue weighted by Gasteiger charge is 2.46. The van der Waals surface area contributed by atoms with Crippen molar-refractivity contribution in [2.45, 2.75) is 50.0 Å². The molecule has 2 saturated carbocycles. The molecule has 0 atom stereocenters. The van der Waals surface area contributed by atoms with Gasteiger partial charge in [-0.1, -0.05) is 31.0 Å². The van der Waals surface area contributed by atoms with Crippen LogP contribution in [-0.4, -0.2) is 24.5 Å². The molecule has 1 aromatic rings. The van der Waals surface area contributed by atoms with Crippen LogP contribution in [0, 0.1) is 5.82 Å². The van der Waals surface area contributed by atoms with Crippen molar-refractivity contribution in [2.24, 2.45) is 0 Å². The van der Waals surface area contributed by atoms with Gasteiger partial charge in [-0.15, -0.1) is 0 Å². The molecular weight excluding hydrogens is 285 g/mol. The maximum Gasteiger partial charge on any atom is 0.317 e. The lowest BCUT2D eigenvalue weighted by atomic mass is 9.78. The molecule has 0 aliphatic heterocycles. The lowest BCUT2D eigenvalue weighted by Gasteiger charge is -2.27. The van der Waals surface area contributed by atoms with Gasteiger partial charge in [0.2, 0.25) is 0 Å². The summed E-state index contributed by atoms with van der Waals surface area (Å²) in [6.07, 6.45) is 4.82. The number of benzene rings is 1. The van der Waals surface area contributed by atoms with Crippen molar-refractivity contribution in [3.05, 3.63) is 35.6 Å². The van der Waals surface area contributed by atoms with Crippen LogP contribution in [0.1, 0.15) is 44.1 Å². The first-order valence-electron chi connectivity index (χ1n) is 7.83. The number of amides is 1. The zero-order valence-corrected chi connectivity index (χ0v) is 12.4. The Balaban J connectivity index is 1.71. The van der Waals surface area contributed by atoms with E-state index in [4.69, 9.17) is 4.74 Å². The molecule has 0 aromatic heterocycles. The van der Waals surface area contributed by atoms with Crippen LogP contribution in [0.2, 0.25) is 0 Å². The normalized spacial score (nSPS) is 19.7. The molecule has 4 nitrogen and oxygen atoms in total. The summed E-state index contributed by atoms with van der Waals surface area (Å²) in [6, 6.07) is 6.58. The molecule has 2 aliphatic carbocycles. The van der Waals surface area contributed by atoms with Gasteiger partial charge in [-0.05, 0) is 31.7 Å². The lowest BCUT2D eigenvalue weighted by Crippen LogP contribution is -2.38. The second-order valence-electron chi connectivity index (χ2n) is 6.19. The Labute approximate surface area is 129 Å². The third kappa shape index (κ3) is 2.98. The molecule has 0 spiro atoms. The average Bonchev–Trinajstić information content (AvgIpc) is 3.18. The summed E-state index contributed by atoms with van der Waals surface area (Å²) in [4.78, 5) is 24.2. The van der Waals surface area contributed by atoms with Gasteiger partial charge in [0, 0.05) is 11.6 Å². The van der Waals surface area contributed by atoms with Crippen molar-refractivity contribution in [3.63, 3.8) is 0 Å². The van der Waals surface area contributed by atoms with E-state index in [1.54, 1.807) is 18.2 Å². The topological polar surface area (TPSA) is 55.4 Å². The number of carbonyl (C=O) groups is 2. The molecule has 3 rings (SSSR count). The Morgan fingerprint density at radius 2 is 1.91 bits per heavy atom. The zero-order valence-electron chi connectivity index (χ0n) is 12.4. The first-order valence-corrected chi connectivity index (χ1v) is 7.83. The van der Waals surface area contributed by atoms with Crippen LogP contribution in [0.5, 0.6) is 0 Å². The minimum atomic E-state index is -0.939. The standard InChI is InChI=1S/C17H20FNO3/c18-14-6-2-1-5-13(14)17(9-3-4-10-17)16(21)22-11-15(20)19-12-7-8-12/h1-2,5-6,12H,3-4,7-11H2,(H,19,20). The van der Waals surface area contributed by atoms with Crippen LogP contribution in [0.3, 0.4) is 0 Å². The van der Waals surface area contributed by atoms with E-state index in [9.17, 15) is 14.0 Å². The number of carbonyl (C=O) groups excluding carboxylic acids is 2. The number of halogens is 1. The van der Waals surface area contributed by atoms with E-state index in [-0.39, 0.29) is 24.4 Å². The van der Waals surface area contributed by atoms with Gasteiger partial charge >= 0.3 is 5.97 Å². The van der Waals surface area contributed by atoms with E-state index in [0.717, 1.165) is 25.7 Å². The molecule has 0 unspecified atom stereocenters. The Morgan fingerprint density at radius 1 is 1.23 bits per heavy atom. The minimum absolute atomic E-state index is 0.234. The largest absolute Gasteiger partial charge is 0.455 e. The van der Waals surface area contributed by atoms with Crippen molar-refractivity contribution in [1.82, 2.24) is 5.32 Å². The highest BCUT2D eigenvalue weighted by atomic mass is 19.1. The Kier molecular flexibility index (Phi) is 4.14. The molecule has 2 fully saturated rings. The van der Waals surface area contributed by atoms with Gasteiger partial charge < -0.3 is 10.1 Å². The van der Waals surface area contributed by atoms with E-state index in [2.05, 4.69) is 5.32 Å². The highest BCUT2D eigenvalue weighted by molar-refractivity contribution is 5.87. The van der Waals surface area contributed by atoms with E-state index in [0.29, 0.717) is 18.4 Å². The number of rotatable bonds is 5. The van der Waals surface area contributed by atoms with Gasteiger partial charge in [0.25, 0.3) is 5.91 Å². The lowest BCUT2D eigenvalue weighted by molar-refractivity contribution is -0.154. The van der Waals surface area contributed by atoms with Crippen molar-refractivity contribution < 1.29 is 18.7 Å². The van der Waals surface area contributed by atoms with Gasteiger partial charge in [0.1, 0.15) is 5.82 Å². The number of hydrogen-bond acceptors (Lipinski definition) is 3. The van der Waals surface area contributed by atoms with E-state index in [1.165, 1.54) is 6.07 Å². The Hall–Kier alpha value is -1.91. The second kappa shape index (κ2) is 6.07. The molecule has 5 heteroatoms. The van der Waals surface area contributed by atoms with Crippen LogP contribution >= 0.6 is 0 Å². The molecule has 0 saturated heterocycles. The highest BCUT2D eigenvalue weighted by Crippen LogP contribution is 2.43. The molecular formula is C17H20FNO3. The SMILES string of the molecule is O=C(COC(=O)C1(c2ccccc2F)CCCC1)NC1CC1. The quantitative estimate of drug-likeness (QED) is 0.850. The van der Waals surface area contributed by atoms with E-state index >= 15 is 0 Å². The van der Waals surface area contributed by atoms with Crippen LogP contribution in [0.4, 0.5) is 4.39 Å². The molecule has 1 amide bonds. The molecule has 1 N–H and O–H groups in total. The predicted molar refractivity (Wildman–Crippen MR) is 78.7 cm³/mol. The molecule has 0 radical (unpaired) electrons. The van der Waals surface area contributed by atoms with Crippen LogP contribution in [-0.2, 0) is 19.7 Å². The maximum atomic E-state index is 14.1. The third-order valence-corrected chi connectivity index (χ3v) is 4.51. The summed E-state index contributed by atoms with van der Waals surface area (Å²) in [6.45, 7) is -0.286. The van der Waals surface area contributed by atoms with E-state index in [1.807, 2.05) is 0 Å². The molecule has 1 aromatic carbocycles. The van der Waals surface area contributed by atoms with Crippen molar-refractivity contribution in [1.29, 1.82) is 0 Å². The number of esters is 1. The summed E-state index contributed by atoms with van der Waals surface area (Å²) >= 11 is 0. The summed E-state index contributed by atoms with van der Waals surface area (Å²) in [7, 11) is 0. The fourth-order valence-corrected chi connectivity index (χ4v) is 3.18. The summed E-state index contributed by atoms with van der Waals surface area (Å²) in [5.74, 6) is -1.15. The molecule has 22 heavy (non-hydrogen) atoms.